The van der Waals surface area contributed by atoms with Gasteiger partial charge in [-0.05, 0) is 67.7 Å². The number of hydrogen-bond acceptors (Lipinski definition) is 5. The molecule has 1 aromatic carbocycles. The average Bonchev–Trinajstić information content (AvgIpc) is 2.80. The number of carbonyl (C=O) groups is 2. The molecule has 1 aliphatic heterocycles. The van der Waals surface area contributed by atoms with Crippen molar-refractivity contribution in [3.8, 4) is 6.07 Å². The molecule has 32 heavy (non-hydrogen) atoms. The Morgan fingerprint density at radius 1 is 1.25 bits per heavy atom. The number of allylic oxidation sites excluding steroid dienone is 3. The number of likely N-dealkylation sites (tertiary alicyclic amines) is 1. The SMILES string of the molecule is CC1=C(C(=O)NCC#N)C=CC(=N)/C1=C\NCC1CCN(C(=O)c2ccc(Cl)cc2)CC1. The van der Waals surface area contributed by atoms with Gasteiger partial charge in [0.1, 0.15) is 6.54 Å². The molecule has 3 N–H and O–H groups in total. The van der Waals surface area contributed by atoms with Crippen molar-refractivity contribution in [3.63, 3.8) is 0 Å². The van der Waals surface area contributed by atoms with Gasteiger partial charge in [0.25, 0.3) is 11.8 Å². The molecule has 8 heteroatoms. The summed E-state index contributed by atoms with van der Waals surface area (Å²) in [7, 11) is 0. The summed E-state index contributed by atoms with van der Waals surface area (Å²) < 4.78 is 0. The van der Waals surface area contributed by atoms with Gasteiger partial charge < -0.3 is 20.9 Å². The Bertz CT molecular complexity index is 1030. The number of carbonyl (C=O) groups excluding carboxylic acids is 2. The van der Waals surface area contributed by atoms with E-state index in [0.717, 1.165) is 19.4 Å². The van der Waals surface area contributed by atoms with Crippen LogP contribution in [0.4, 0.5) is 0 Å². The van der Waals surface area contributed by atoms with E-state index in [1.807, 2.05) is 11.0 Å². The smallest absolute Gasteiger partial charge is 0.253 e. The molecular formula is C24H26ClN5O2. The third kappa shape index (κ3) is 5.65. The summed E-state index contributed by atoms with van der Waals surface area (Å²) >= 11 is 5.90. The van der Waals surface area contributed by atoms with E-state index in [1.54, 1.807) is 49.5 Å². The van der Waals surface area contributed by atoms with E-state index >= 15 is 0 Å². The maximum Gasteiger partial charge on any atom is 0.253 e. The van der Waals surface area contributed by atoms with E-state index in [4.69, 9.17) is 22.3 Å². The van der Waals surface area contributed by atoms with Gasteiger partial charge in [0, 0.05) is 47.6 Å². The van der Waals surface area contributed by atoms with Crippen LogP contribution in [0.3, 0.4) is 0 Å². The number of amides is 2. The lowest BCUT2D eigenvalue weighted by Crippen LogP contribution is -2.40. The van der Waals surface area contributed by atoms with E-state index in [1.165, 1.54) is 0 Å². The van der Waals surface area contributed by atoms with Crippen LogP contribution in [-0.4, -0.2) is 48.6 Å². The number of nitriles is 1. The number of rotatable bonds is 6. The molecule has 0 bridgehead atoms. The van der Waals surface area contributed by atoms with Crippen LogP contribution in [0.25, 0.3) is 0 Å². The fraction of sp³-hybridized carbons (Fsp3) is 0.333. The van der Waals surface area contributed by atoms with Crippen LogP contribution in [-0.2, 0) is 4.79 Å². The Morgan fingerprint density at radius 3 is 2.59 bits per heavy atom. The third-order valence-corrected chi connectivity index (χ3v) is 5.99. The molecule has 0 aromatic heterocycles. The minimum absolute atomic E-state index is 0.0283. The third-order valence-electron chi connectivity index (χ3n) is 5.73. The van der Waals surface area contributed by atoms with Crippen LogP contribution >= 0.6 is 11.6 Å². The Labute approximate surface area is 192 Å². The van der Waals surface area contributed by atoms with Crippen molar-refractivity contribution in [2.45, 2.75) is 19.8 Å². The second-order valence-electron chi connectivity index (χ2n) is 7.84. The molecule has 7 nitrogen and oxygen atoms in total. The van der Waals surface area contributed by atoms with Crippen molar-refractivity contribution < 1.29 is 9.59 Å². The molecule has 3 rings (SSSR count). The molecule has 2 amide bonds. The lowest BCUT2D eigenvalue weighted by Gasteiger charge is -2.32. The first-order chi connectivity index (χ1) is 15.4. The number of halogens is 1. The summed E-state index contributed by atoms with van der Waals surface area (Å²) in [6, 6.07) is 8.85. The quantitative estimate of drug-likeness (QED) is 0.577. The average molecular weight is 452 g/mol. The van der Waals surface area contributed by atoms with Crippen molar-refractivity contribution in [2.75, 3.05) is 26.2 Å². The second kappa shape index (κ2) is 10.8. The van der Waals surface area contributed by atoms with Crippen LogP contribution in [0.15, 0.2) is 59.3 Å². The fourth-order valence-electron chi connectivity index (χ4n) is 3.82. The minimum atomic E-state index is -0.323. The van der Waals surface area contributed by atoms with E-state index < -0.39 is 0 Å². The van der Waals surface area contributed by atoms with Gasteiger partial charge in [-0.3, -0.25) is 9.59 Å². The Morgan fingerprint density at radius 2 is 1.94 bits per heavy atom. The zero-order valence-corrected chi connectivity index (χ0v) is 18.7. The van der Waals surface area contributed by atoms with E-state index in [0.29, 0.717) is 52.0 Å². The van der Waals surface area contributed by atoms with Crippen LogP contribution in [0.1, 0.15) is 30.1 Å². The second-order valence-corrected chi connectivity index (χ2v) is 8.27. The van der Waals surface area contributed by atoms with Gasteiger partial charge in [-0.25, -0.2) is 0 Å². The maximum absolute atomic E-state index is 12.6. The topological polar surface area (TPSA) is 109 Å². The monoisotopic (exact) mass is 451 g/mol. The largest absolute Gasteiger partial charge is 0.390 e. The zero-order chi connectivity index (χ0) is 23.1. The summed E-state index contributed by atoms with van der Waals surface area (Å²) in [4.78, 5) is 26.7. The summed E-state index contributed by atoms with van der Waals surface area (Å²) in [5, 5.41) is 23.3. The maximum atomic E-state index is 12.6. The molecule has 1 aliphatic carbocycles. The van der Waals surface area contributed by atoms with Crippen molar-refractivity contribution in [1.82, 2.24) is 15.5 Å². The highest BCUT2D eigenvalue weighted by molar-refractivity contribution is 6.30. The summed E-state index contributed by atoms with van der Waals surface area (Å²) in [6.07, 6.45) is 6.76. The molecule has 166 valence electrons. The van der Waals surface area contributed by atoms with Crippen LogP contribution in [0.5, 0.6) is 0 Å². The van der Waals surface area contributed by atoms with E-state index in [-0.39, 0.29) is 18.4 Å². The normalized spacial score (nSPS) is 18.0. The van der Waals surface area contributed by atoms with E-state index in [2.05, 4.69) is 10.6 Å². The zero-order valence-electron chi connectivity index (χ0n) is 18.0. The van der Waals surface area contributed by atoms with Gasteiger partial charge in [-0.2, -0.15) is 5.26 Å². The molecule has 0 atom stereocenters. The summed E-state index contributed by atoms with van der Waals surface area (Å²) in [5.41, 5.74) is 2.79. The first-order valence-corrected chi connectivity index (χ1v) is 10.9. The molecule has 1 fully saturated rings. The molecule has 1 saturated heterocycles. The Balaban J connectivity index is 1.53. The summed E-state index contributed by atoms with van der Waals surface area (Å²) in [6.45, 7) is 3.87. The standard InChI is InChI=1S/C24H26ClN5O2/c1-16-20(23(31)29-11-10-26)6-7-22(27)21(16)15-28-14-17-8-12-30(13-9-17)24(32)18-2-4-19(25)5-3-18/h2-7,15,17,27-28H,8-9,11-14H2,1H3,(H,29,31)/b21-15-,27-22?. The molecule has 0 unspecified atom stereocenters. The number of piperidine rings is 1. The highest BCUT2D eigenvalue weighted by atomic mass is 35.5. The van der Waals surface area contributed by atoms with Gasteiger partial charge in [0.15, 0.2) is 0 Å². The number of benzene rings is 1. The first kappa shape index (κ1) is 23.3. The van der Waals surface area contributed by atoms with Gasteiger partial charge in [-0.15, -0.1) is 0 Å². The van der Waals surface area contributed by atoms with Crippen molar-refractivity contribution in [1.29, 1.82) is 10.7 Å². The lowest BCUT2D eigenvalue weighted by molar-refractivity contribution is -0.117. The number of nitrogens with zero attached hydrogens (tertiary/aromatic N) is 2. The molecule has 1 heterocycles. The number of hydrogen-bond donors (Lipinski definition) is 3. The molecular weight excluding hydrogens is 426 g/mol. The van der Waals surface area contributed by atoms with E-state index in [9.17, 15) is 9.59 Å². The highest BCUT2D eigenvalue weighted by Gasteiger charge is 2.24. The van der Waals surface area contributed by atoms with Crippen LogP contribution in [0.2, 0.25) is 5.02 Å². The highest BCUT2D eigenvalue weighted by Crippen LogP contribution is 2.23. The van der Waals surface area contributed by atoms with Crippen LogP contribution in [0, 0.1) is 22.7 Å². The lowest BCUT2D eigenvalue weighted by atomic mass is 9.92. The molecule has 1 aromatic rings. The molecule has 0 radical (unpaired) electrons. The Hall–Kier alpha value is -3.37. The van der Waals surface area contributed by atoms with Crippen molar-refractivity contribution in [3.05, 3.63) is 69.9 Å². The fourth-order valence-corrected chi connectivity index (χ4v) is 3.94. The molecule has 0 spiro atoms. The Kier molecular flexibility index (Phi) is 7.85. The predicted molar refractivity (Wildman–Crippen MR) is 124 cm³/mol. The predicted octanol–water partition coefficient (Wildman–Crippen LogP) is 3.21. The van der Waals surface area contributed by atoms with Crippen molar-refractivity contribution >= 4 is 29.1 Å². The number of nitrogens with one attached hydrogen (secondary N) is 3. The molecule has 2 aliphatic rings. The van der Waals surface area contributed by atoms with Gasteiger partial charge in [0.2, 0.25) is 0 Å². The van der Waals surface area contributed by atoms with Gasteiger partial charge in [-0.1, -0.05) is 11.6 Å². The van der Waals surface area contributed by atoms with Crippen molar-refractivity contribution in [2.24, 2.45) is 5.92 Å². The van der Waals surface area contributed by atoms with Crippen LogP contribution < -0.4 is 10.6 Å². The van der Waals surface area contributed by atoms with Gasteiger partial charge >= 0.3 is 0 Å². The summed E-state index contributed by atoms with van der Waals surface area (Å²) in [5.74, 6) is 0.120. The van der Waals surface area contributed by atoms with Gasteiger partial charge in [0.05, 0.1) is 11.8 Å². The minimum Gasteiger partial charge on any atom is -0.390 e. The first-order valence-electron chi connectivity index (χ1n) is 10.5. The molecule has 0 saturated carbocycles.